The average molecular weight is 459 g/mol. The highest BCUT2D eigenvalue weighted by Crippen LogP contribution is 2.20. The Morgan fingerprint density at radius 2 is 1.79 bits per heavy atom. The van der Waals surface area contributed by atoms with Gasteiger partial charge in [-0.1, -0.05) is 31.4 Å². The van der Waals surface area contributed by atoms with Crippen LogP contribution in [0.2, 0.25) is 0 Å². The van der Waals surface area contributed by atoms with Gasteiger partial charge in [-0.05, 0) is 36.6 Å². The Hall–Kier alpha value is -3.85. The molecule has 0 bridgehead atoms. The highest BCUT2D eigenvalue weighted by Gasteiger charge is 2.25. The second-order valence-corrected chi connectivity index (χ2v) is 8.63. The molecule has 3 heterocycles. The first kappa shape index (κ1) is 22.0. The summed E-state index contributed by atoms with van der Waals surface area (Å²) in [5.74, 6) is -0.362. The summed E-state index contributed by atoms with van der Waals surface area (Å²) in [6, 6.07) is 9.23. The zero-order chi connectivity index (χ0) is 23.5. The van der Waals surface area contributed by atoms with Gasteiger partial charge in [0.1, 0.15) is 5.52 Å². The van der Waals surface area contributed by atoms with Crippen LogP contribution in [0.25, 0.3) is 16.7 Å². The van der Waals surface area contributed by atoms with Crippen molar-refractivity contribution >= 4 is 16.9 Å². The molecule has 3 aromatic heterocycles. The maximum absolute atomic E-state index is 13.3. The summed E-state index contributed by atoms with van der Waals surface area (Å²) in [5.41, 5.74) is 2.17. The van der Waals surface area contributed by atoms with Gasteiger partial charge in [0, 0.05) is 31.0 Å². The number of benzene rings is 1. The topological polar surface area (TPSA) is 115 Å². The fourth-order valence-corrected chi connectivity index (χ4v) is 4.46. The average Bonchev–Trinajstić information content (AvgIpc) is 3.32. The Labute approximate surface area is 196 Å². The molecule has 0 saturated heterocycles. The standard InChI is InChI=1S/C25H26N6O3/c32-21-6-3-1-2-5-20(21)29-24(33)19-16-30(25(34)23-22(19)26-12-13-27-23)15-17-7-9-18(10-8-17)31-14-4-11-28-31/h4,7-14,16,20-21,32H,1-3,5-6,15H2,(H,29,33)/t20-,21-/m0/s1. The van der Waals surface area contributed by atoms with Crippen LogP contribution < -0.4 is 10.9 Å². The summed E-state index contributed by atoms with van der Waals surface area (Å²) < 4.78 is 3.24. The van der Waals surface area contributed by atoms with Crippen LogP contribution in [0.5, 0.6) is 0 Å². The van der Waals surface area contributed by atoms with Crippen LogP contribution in [0.15, 0.2) is 66.1 Å². The molecule has 2 atom stereocenters. The van der Waals surface area contributed by atoms with Crippen molar-refractivity contribution in [3.8, 4) is 5.69 Å². The van der Waals surface area contributed by atoms with Crippen molar-refractivity contribution in [3.63, 3.8) is 0 Å². The van der Waals surface area contributed by atoms with E-state index in [1.807, 2.05) is 36.5 Å². The van der Waals surface area contributed by atoms with Gasteiger partial charge in [-0.3, -0.25) is 14.6 Å². The van der Waals surface area contributed by atoms with Crippen LogP contribution in [-0.4, -0.2) is 47.5 Å². The molecule has 0 radical (unpaired) electrons. The second-order valence-electron chi connectivity index (χ2n) is 8.63. The molecule has 1 aliphatic rings. The molecule has 0 aliphatic heterocycles. The minimum absolute atomic E-state index is 0.143. The van der Waals surface area contributed by atoms with E-state index in [1.165, 1.54) is 17.0 Å². The van der Waals surface area contributed by atoms with Gasteiger partial charge in [-0.25, -0.2) is 9.67 Å². The van der Waals surface area contributed by atoms with E-state index in [2.05, 4.69) is 20.4 Å². The van der Waals surface area contributed by atoms with Crippen LogP contribution in [0, 0.1) is 0 Å². The first-order valence-corrected chi connectivity index (χ1v) is 11.5. The molecule has 5 rings (SSSR count). The minimum atomic E-state index is -0.581. The molecule has 0 unspecified atom stereocenters. The minimum Gasteiger partial charge on any atom is -0.391 e. The number of fused-ring (bicyclic) bond motifs is 1. The molecule has 174 valence electrons. The molecule has 1 fully saturated rings. The maximum atomic E-state index is 13.3. The van der Waals surface area contributed by atoms with Crippen molar-refractivity contribution in [1.29, 1.82) is 0 Å². The van der Waals surface area contributed by atoms with E-state index >= 15 is 0 Å². The molecular weight excluding hydrogens is 432 g/mol. The van der Waals surface area contributed by atoms with Crippen molar-refractivity contribution < 1.29 is 9.90 Å². The van der Waals surface area contributed by atoms with E-state index in [4.69, 9.17) is 0 Å². The third kappa shape index (κ3) is 4.47. The molecule has 1 aliphatic carbocycles. The zero-order valence-corrected chi connectivity index (χ0v) is 18.7. The molecule has 9 nitrogen and oxygen atoms in total. The monoisotopic (exact) mass is 458 g/mol. The highest BCUT2D eigenvalue weighted by atomic mass is 16.3. The number of carbonyl (C=O) groups excluding carboxylic acids is 1. The number of pyridine rings is 1. The quantitative estimate of drug-likeness (QED) is 0.444. The summed E-state index contributed by atoms with van der Waals surface area (Å²) in [6.45, 7) is 0.275. The first-order chi connectivity index (χ1) is 16.6. The molecular formula is C25H26N6O3. The lowest BCUT2D eigenvalue weighted by Crippen LogP contribution is -2.43. The normalized spacial score (nSPS) is 18.5. The Kier molecular flexibility index (Phi) is 6.18. The molecule has 34 heavy (non-hydrogen) atoms. The predicted octanol–water partition coefficient (Wildman–Crippen LogP) is 2.45. The molecule has 9 heteroatoms. The van der Waals surface area contributed by atoms with Gasteiger partial charge < -0.3 is 15.0 Å². The van der Waals surface area contributed by atoms with E-state index in [-0.39, 0.29) is 40.6 Å². The Morgan fingerprint density at radius 1 is 1.03 bits per heavy atom. The van der Waals surface area contributed by atoms with Gasteiger partial charge in [0.25, 0.3) is 11.5 Å². The number of aromatic nitrogens is 5. The number of carbonyl (C=O) groups is 1. The van der Waals surface area contributed by atoms with Gasteiger partial charge in [0.05, 0.1) is 29.9 Å². The molecule has 1 amide bonds. The van der Waals surface area contributed by atoms with Crippen LogP contribution in [-0.2, 0) is 6.54 Å². The fourth-order valence-electron chi connectivity index (χ4n) is 4.46. The summed E-state index contributed by atoms with van der Waals surface area (Å²) in [6.07, 6.45) is 11.8. The van der Waals surface area contributed by atoms with E-state index < -0.39 is 6.10 Å². The molecule has 4 aromatic rings. The van der Waals surface area contributed by atoms with Gasteiger partial charge >= 0.3 is 0 Å². The summed E-state index contributed by atoms with van der Waals surface area (Å²) in [5, 5.41) is 17.6. The number of amides is 1. The smallest absolute Gasteiger partial charge is 0.279 e. The van der Waals surface area contributed by atoms with Gasteiger partial charge in [-0.15, -0.1) is 0 Å². The Bertz CT molecular complexity index is 1350. The lowest BCUT2D eigenvalue weighted by Gasteiger charge is -2.22. The van der Waals surface area contributed by atoms with Crippen LogP contribution in [0.4, 0.5) is 0 Å². The Morgan fingerprint density at radius 3 is 2.56 bits per heavy atom. The highest BCUT2D eigenvalue weighted by molar-refractivity contribution is 6.04. The number of rotatable bonds is 5. The van der Waals surface area contributed by atoms with E-state index in [9.17, 15) is 14.7 Å². The van der Waals surface area contributed by atoms with Crippen molar-refractivity contribution in [3.05, 3.63) is 82.8 Å². The third-order valence-corrected chi connectivity index (χ3v) is 6.30. The summed E-state index contributed by atoms with van der Waals surface area (Å²) in [4.78, 5) is 34.9. The summed E-state index contributed by atoms with van der Waals surface area (Å²) in [7, 11) is 0. The lowest BCUT2D eigenvalue weighted by molar-refractivity contribution is 0.0819. The van der Waals surface area contributed by atoms with E-state index in [0.717, 1.165) is 36.9 Å². The van der Waals surface area contributed by atoms with Crippen molar-refractivity contribution in [2.45, 2.75) is 50.8 Å². The molecule has 1 aromatic carbocycles. The first-order valence-electron chi connectivity index (χ1n) is 11.5. The van der Waals surface area contributed by atoms with E-state index in [1.54, 1.807) is 17.1 Å². The van der Waals surface area contributed by atoms with Gasteiger partial charge in [-0.2, -0.15) is 5.10 Å². The summed E-state index contributed by atoms with van der Waals surface area (Å²) >= 11 is 0. The van der Waals surface area contributed by atoms with Crippen molar-refractivity contribution in [1.82, 2.24) is 29.6 Å². The number of aliphatic hydroxyl groups is 1. The number of nitrogens with one attached hydrogen (secondary N) is 1. The largest absolute Gasteiger partial charge is 0.391 e. The SMILES string of the molecule is O=C(N[C@H]1CCCCC[C@@H]1O)c1cn(Cc2ccc(-n3cccn3)cc2)c(=O)c2nccnc12. The lowest BCUT2D eigenvalue weighted by atomic mass is 10.1. The third-order valence-electron chi connectivity index (χ3n) is 6.30. The van der Waals surface area contributed by atoms with Crippen LogP contribution in [0.3, 0.4) is 0 Å². The van der Waals surface area contributed by atoms with Crippen molar-refractivity contribution in [2.24, 2.45) is 0 Å². The van der Waals surface area contributed by atoms with Crippen LogP contribution >= 0.6 is 0 Å². The molecule has 2 N–H and O–H groups in total. The maximum Gasteiger partial charge on any atom is 0.279 e. The predicted molar refractivity (Wildman–Crippen MR) is 127 cm³/mol. The van der Waals surface area contributed by atoms with E-state index in [0.29, 0.717) is 6.42 Å². The fraction of sp³-hybridized carbons (Fsp3) is 0.320. The number of aliphatic hydroxyl groups excluding tert-OH is 1. The Balaban J connectivity index is 1.46. The number of nitrogens with zero attached hydrogens (tertiary/aromatic N) is 5. The number of hydrogen-bond donors (Lipinski definition) is 2. The van der Waals surface area contributed by atoms with Gasteiger partial charge in [0.2, 0.25) is 0 Å². The number of hydrogen-bond acceptors (Lipinski definition) is 6. The van der Waals surface area contributed by atoms with Crippen LogP contribution in [0.1, 0.15) is 48.0 Å². The van der Waals surface area contributed by atoms with Crippen molar-refractivity contribution in [2.75, 3.05) is 0 Å². The van der Waals surface area contributed by atoms with Gasteiger partial charge in [0.15, 0.2) is 5.52 Å². The molecule has 0 spiro atoms. The molecule has 1 saturated carbocycles. The zero-order valence-electron chi connectivity index (χ0n) is 18.7. The second kappa shape index (κ2) is 9.56.